The molecule has 0 fully saturated rings. The zero-order chi connectivity index (χ0) is 15.7. The van der Waals surface area contributed by atoms with Gasteiger partial charge in [0.05, 0.1) is 11.7 Å². The second kappa shape index (κ2) is 5.38. The smallest absolute Gasteiger partial charge is 0.227 e. The van der Waals surface area contributed by atoms with Crippen molar-refractivity contribution < 1.29 is 13.2 Å². The zero-order valence-electron chi connectivity index (χ0n) is 12.9. The van der Waals surface area contributed by atoms with Gasteiger partial charge in [0.15, 0.2) is 0 Å². The number of rotatable bonds is 6. The summed E-state index contributed by atoms with van der Waals surface area (Å²) < 4.78 is 24.9. The zero-order valence-corrected chi connectivity index (χ0v) is 13.7. The van der Waals surface area contributed by atoms with Crippen molar-refractivity contribution in [3.8, 4) is 0 Å². The van der Waals surface area contributed by atoms with Crippen molar-refractivity contribution in [1.29, 1.82) is 0 Å². The van der Waals surface area contributed by atoms with Crippen LogP contribution in [0.2, 0.25) is 0 Å². The van der Waals surface area contributed by atoms with Crippen molar-refractivity contribution in [2.75, 3.05) is 12.8 Å². The molecule has 0 aliphatic heterocycles. The van der Waals surface area contributed by atoms with Crippen molar-refractivity contribution in [3.05, 3.63) is 0 Å². The van der Waals surface area contributed by atoms with Crippen LogP contribution in [0.4, 0.5) is 0 Å². The molecule has 0 saturated carbocycles. The van der Waals surface area contributed by atoms with Gasteiger partial charge in [-0.1, -0.05) is 0 Å². The number of nitrogens with two attached hydrogens (primary N) is 1. The van der Waals surface area contributed by atoms with Crippen molar-refractivity contribution in [3.63, 3.8) is 0 Å². The highest BCUT2D eigenvalue weighted by Gasteiger charge is 2.40. The highest BCUT2D eigenvalue weighted by Crippen LogP contribution is 2.28. The molecule has 0 rings (SSSR count). The molecule has 0 radical (unpaired) electrons. The first kappa shape index (κ1) is 18.3. The SMILES string of the molecule is CC(C)(CNC(=O)C(C)(C)C(C)(C)N)NS(C)(=O)=O. The van der Waals surface area contributed by atoms with E-state index in [1.807, 2.05) is 0 Å². The molecule has 0 unspecified atom stereocenters. The minimum Gasteiger partial charge on any atom is -0.354 e. The lowest BCUT2D eigenvalue weighted by Gasteiger charge is -2.38. The van der Waals surface area contributed by atoms with E-state index >= 15 is 0 Å². The number of carbonyl (C=O) groups excluding carboxylic acids is 1. The third kappa shape index (κ3) is 5.88. The third-order valence-corrected chi connectivity index (χ3v) is 4.25. The molecular formula is C12H27N3O3S. The molecule has 0 aromatic heterocycles. The summed E-state index contributed by atoms with van der Waals surface area (Å²) in [5, 5.41) is 2.75. The van der Waals surface area contributed by atoms with Crippen molar-refractivity contribution >= 4 is 15.9 Å². The van der Waals surface area contributed by atoms with Gasteiger partial charge >= 0.3 is 0 Å². The van der Waals surface area contributed by atoms with Gasteiger partial charge in [0, 0.05) is 17.6 Å². The Kier molecular flexibility index (Phi) is 5.19. The molecule has 1 amide bonds. The predicted octanol–water partition coefficient (Wildman–Crippen LogP) is 0.194. The molecule has 0 spiro atoms. The normalized spacial score (nSPS) is 14.3. The van der Waals surface area contributed by atoms with E-state index < -0.39 is 26.5 Å². The minimum absolute atomic E-state index is 0.193. The monoisotopic (exact) mass is 293 g/mol. The molecule has 0 atom stereocenters. The molecule has 6 nitrogen and oxygen atoms in total. The largest absolute Gasteiger partial charge is 0.354 e. The molecule has 0 aliphatic rings. The van der Waals surface area contributed by atoms with E-state index in [-0.39, 0.29) is 12.5 Å². The van der Waals surface area contributed by atoms with Gasteiger partial charge in [-0.3, -0.25) is 4.79 Å². The van der Waals surface area contributed by atoms with Gasteiger partial charge in [0.2, 0.25) is 15.9 Å². The Balaban J connectivity index is 4.71. The van der Waals surface area contributed by atoms with Gasteiger partial charge in [-0.25, -0.2) is 13.1 Å². The van der Waals surface area contributed by atoms with Gasteiger partial charge in [-0.15, -0.1) is 0 Å². The van der Waals surface area contributed by atoms with Crippen LogP contribution in [0, 0.1) is 5.41 Å². The van der Waals surface area contributed by atoms with Crippen LogP contribution in [0.1, 0.15) is 41.5 Å². The van der Waals surface area contributed by atoms with E-state index in [1.54, 1.807) is 41.5 Å². The topological polar surface area (TPSA) is 101 Å². The molecule has 0 bridgehead atoms. The molecule has 0 saturated heterocycles. The second-order valence-electron chi connectivity index (χ2n) is 6.79. The summed E-state index contributed by atoms with van der Waals surface area (Å²) in [6, 6.07) is 0. The molecule has 0 heterocycles. The summed E-state index contributed by atoms with van der Waals surface area (Å²) in [4.78, 5) is 12.2. The molecule has 7 heteroatoms. The van der Waals surface area contributed by atoms with Crippen LogP contribution in [0.5, 0.6) is 0 Å². The summed E-state index contributed by atoms with van der Waals surface area (Å²) in [5.41, 5.74) is 3.80. The molecule has 0 aliphatic carbocycles. The lowest BCUT2D eigenvalue weighted by atomic mass is 9.74. The second-order valence-corrected chi connectivity index (χ2v) is 8.54. The number of amides is 1. The molecule has 0 aromatic carbocycles. The number of hydrogen-bond acceptors (Lipinski definition) is 4. The Bertz CT molecular complexity index is 434. The number of nitrogens with one attached hydrogen (secondary N) is 2. The van der Waals surface area contributed by atoms with Gasteiger partial charge in [0.25, 0.3) is 0 Å². The third-order valence-electron chi connectivity index (χ3n) is 3.33. The lowest BCUT2D eigenvalue weighted by Crippen LogP contribution is -2.58. The van der Waals surface area contributed by atoms with Crippen LogP contribution in [-0.2, 0) is 14.8 Å². The summed E-state index contributed by atoms with van der Waals surface area (Å²) in [7, 11) is -3.32. The first-order valence-corrected chi connectivity index (χ1v) is 8.04. The summed E-state index contributed by atoms with van der Waals surface area (Å²) >= 11 is 0. The van der Waals surface area contributed by atoms with Crippen molar-refractivity contribution in [2.45, 2.75) is 52.6 Å². The number of hydrogen-bond donors (Lipinski definition) is 3. The predicted molar refractivity (Wildman–Crippen MR) is 77.1 cm³/mol. The molecular weight excluding hydrogens is 266 g/mol. The Labute approximate surface area is 116 Å². The van der Waals surface area contributed by atoms with Gasteiger partial charge in [-0.05, 0) is 41.5 Å². The fraction of sp³-hybridized carbons (Fsp3) is 0.917. The van der Waals surface area contributed by atoms with E-state index in [2.05, 4.69) is 10.0 Å². The number of carbonyl (C=O) groups is 1. The van der Waals surface area contributed by atoms with Crippen LogP contribution >= 0.6 is 0 Å². The molecule has 0 aromatic rings. The van der Waals surface area contributed by atoms with Crippen LogP contribution < -0.4 is 15.8 Å². The van der Waals surface area contributed by atoms with Gasteiger partial charge in [0.1, 0.15) is 0 Å². The fourth-order valence-corrected chi connectivity index (χ4v) is 2.43. The van der Waals surface area contributed by atoms with E-state index in [0.29, 0.717) is 0 Å². The Morgan fingerprint density at radius 1 is 1.11 bits per heavy atom. The minimum atomic E-state index is -3.32. The van der Waals surface area contributed by atoms with E-state index in [4.69, 9.17) is 5.73 Å². The molecule has 4 N–H and O–H groups in total. The maximum atomic E-state index is 12.2. The van der Waals surface area contributed by atoms with Crippen LogP contribution in [0.25, 0.3) is 0 Å². The van der Waals surface area contributed by atoms with Crippen LogP contribution in [-0.4, -0.2) is 38.2 Å². The van der Waals surface area contributed by atoms with Gasteiger partial charge in [-0.2, -0.15) is 0 Å². The average molecular weight is 293 g/mol. The first-order valence-electron chi connectivity index (χ1n) is 6.15. The first-order chi connectivity index (χ1) is 8.08. The van der Waals surface area contributed by atoms with Crippen molar-refractivity contribution in [2.24, 2.45) is 11.1 Å². The highest BCUT2D eigenvalue weighted by molar-refractivity contribution is 7.88. The van der Waals surface area contributed by atoms with Gasteiger partial charge < -0.3 is 11.1 Å². The van der Waals surface area contributed by atoms with E-state index in [0.717, 1.165) is 6.26 Å². The standard InChI is InChI=1S/C12H27N3O3S/c1-10(2,15-19(7,17)18)8-14-9(16)11(3,4)12(5,6)13/h15H,8,13H2,1-7H3,(H,14,16). The summed E-state index contributed by atoms with van der Waals surface area (Å²) in [6.07, 6.45) is 1.09. The Morgan fingerprint density at radius 3 is 1.84 bits per heavy atom. The Morgan fingerprint density at radius 2 is 1.53 bits per heavy atom. The quantitative estimate of drug-likeness (QED) is 0.651. The molecule has 19 heavy (non-hydrogen) atoms. The Hall–Kier alpha value is -0.660. The van der Waals surface area contributed by atoms with E-state index in [9.17, 15) is 13.2 Å². The number of sulfonamides is 1. The lowest BCUT2D eigenvalue weighted by molar-refractivity contribution is -0.132. The van der Waals surface area contributed by atoms with Crippen LogP contribution in [0.3, 0.4) is 0 Å². The van der Waals surface area contributed by atoms with Crippen LogP contribution in [0.15, 0.2) is 0 Å². The summed E-state index contributed by atoms with van der Waals surface area (Å²) in [6.45, 7) is 10.7. The van der Waals surface area contributed by atoms with E-state index in [1.165, 1.54) is 0 Å². The fourth-order valence-electron chi connectivity index (χ4n) is 1.35. The summed E-state index contributed by atoms with van der Waals surface area (Å²) in [5.74, 6) is -0.205. The highest BCUT2D eigenvalue weighted by atomic mass is 32.2. The maximum absolute atomic E-state index is 12.2. The maximum Gasteiger partial charge on any atom is 0.227 e. The van der Waals surface area contributed by atoms with Crippen molar-refractivity contribution in [1.82, 2.24) is 10.0 Å². The molecule has 114 valence electrons. The average Bonchev–Trinajstić information content (AvgIpc) is 2.08.